The minimum Gasteiger partial charge on any atom is -0.497 e. The number of hydrogen-bond acceptors (Lipinski definition) is 9. The van der Waals surface area contributed by atoms with Crippen LogP contribution in [0.25, 0.3) is 34.1 Å². The van der Waals surface area contributed by atoms with Crippen LogP contribution in [0.15, 0.2) is 85.5 Å². The van der Waals surface area contributed by atoms with E-state index in [1.807, 2.05) is 93.9 Å². The molecule has 12 heteroatoms. The summed E-state index contributed by atoms with van der Waals surface area (Å²) in [6, 6.07) is 19.7. The van der Waals surface area contributed by atoms with Gasteiger partial charge in [-0.15, -0.1) is 0 Å². The van der Waals surface area contributed by atoms with Gasteiger partial charge in [-0.25, -0.2) is 14.4 Å². The van der Waals surface area contributed by atoms with Crippen molar-refractivity contribution in [2.45, 2.75) is 19.3 Å². The predicted octanol–water partition coefficient (Wildman–Crippen LogP) is 6.22. The van der Waals surface area contributed by atoms with E-state index < -0.39 is 6.67 Å². The number of rotatable bonds is 11. The van der Waals surface area contributed by atoms with Crippen molar-refractivity contribution in [3.63, 3.8) is 0 Å². The highest BCUT2D eigenvalue weighted by molar-refractivity contribution is 5.64. The number of likely N-dealkylation sites (N-methyl/N-ethyl adjacent to an activating group) is 1. The van der Waals surface area contributed by atoms with E-state index in [-0.39, 0.29) is 6.61 Å². The van der Waals surface area contributed by atoms with Gasteiger partial charge in [0, 0.05) is 68.0 Å². The number of aromatic nitrogens is 6. The monoisotopic (exact) mass is 664 g/mol. The molecule has 0 radical (unpaired) electrons. The smallest absolute Gasteiger partial charge is 0.236 e. The molecule has 6 aromatic rings. The second-order valence-electron chi connectivity index (χ2n) is 12.6. The topological polar surface area (TPSA) is 94.5 Å². The van der Waals surface area contributed by atoms with Crippen molar-refractivity contribution in [3.8, 4) is 34.0 Å². The van der Waals surface area contributed by atoms with E-state index in [1.54, 1.807) is 14.2 Å². The van der Waals surface area contributed by atoms with Crippen molar-refractivity contribution in [1.82, 2.24) is 28.7 Å². The lowest BCUT2D eigenvalue weighted by atomic mass is 9.63. The average Bonchev–Trinajstić information content (AvgIpc) is 3.73. The number of halogens is 1. The van der Waals surface area contributed by atoms with Crippen LogP contribution in [0.1, 0.15) is 19.3 Å². The van der Waals surface area contributed by atoms with Gasteiger partial charge in [-0.05, 0) is 73.5 Å². The number of benzene rings is 2. The first kappa shape index (κ1) is 32.3. The SMILES string of the molecule is COc1ccc(-c2cn3ccc(N(C)CCOCCF)nc3n2)cc1.COc1ccc(-c2cn3ccc(N4CC5(CCC5)C4)nc3n2)cc1. The number of ether oxygens (including phenoxy) is 3. The molecule has 11 nitrogen and oxygen atoms in total. The molecule has 5 heterocycles. The van der Waals surface area contributed by atoms with Crippen molar-refractivity contribution in [2.75, 3.05) is 70.6 Å². The van der Waals surface area contributed by atoms with Gasteiger partial charge in [0.05, 0.1) is 38.8 Å². The van der Waals surface area contributed by atoms with E-state index in [2.05, 4.69) is 27.1 Å². The van der Waals surface area contributed by atoms with Gasteiger partial charge in [-0.1, -0.05) is 6.42 Å². The summed E-state index contributed by atoms with van der Waals surface area (Å²) in [7, 11) is 5.24. The molecule has 2 fully saturated rings. The normalized spacial score (nSPS) is 14.7. The van der Waals surface area contributed by atoms with E-state index in [1.165, 1.54) is 19.3 Å². The summed E-state index contributed by atoms with van der Waals surface area (Å²) in [6.07, 6.45) is 12.1. The van der Waals surface area contributed by atoms with Gasteiger partial charge in [-0.2, -0.15) is 9.97 Å². The van der Waals surface area contributed by atoms with Crippen molar-refractivity contribution in [3.05, 3.63) is 85.5 Å². The highest BCUT2D eigenvalue weighted by Gasteiger charge is 2.47. The summed E-state index contributed by atoms with van der Waals surface area (Å²) >= 11 is 0. The molecule has 0 amide bonds. The molecular formula is C37H41FN8O3. The lowest BCUT2D eigenvalue weighted by Crippen LogP contribution is -2.60. The molecule has 2 aromatic carbocycles. The summed E-state index contributed by atoms with van der Waals surface area (Å²) in [5.41, 5.74) is 4.46. The van der Waals surface area contributed by atoms with Crippen LogP contribution in [-0.4, -0.2) is 89.5 Å². The van der Waals surface area contributed by atoms with E-state index in [0.717, 1.165) is 64.5 Å². The fraction of sp³-hybridized carbons (Fsp3) is 0.351. The molecule has 0 unspecified atom stereocenters. The van der Waals surface area contributed by atoms with Gasteiger partial charge in [0.1, 0.15) is 29.8 Å². The molecule has 0 N–H and O–H groups in total. The van der Waals surface area contributed by atoms with Crippen LogP contribution in [0.2, 0.25) is 0 Å². The minimum atomic E-state index is -0.462. The zero-order chi connectivity index (χ0) is 33.8. The molecule has 4 aromatic heterocycles. The van der Waals surface area contributed by atoms with Gasteiger partial charge in [-0.3, -0.25) is 8.80 Å². The Labute approximate surface area is 284 Å². The van der Waals surface area contributed by atoms with Crippen LogP contribution in [0.3, 0.4) is 0 Å². The van der Waals surface area contributed by atoms with E-state index in [4.69, 9.17) is 24.2 Å². The van der Waals surface area contributed by atoms with Crippen LogP contribution in [0.5, 0.6) is 11.5 Å². The predicted molar refractivity (Wildman–Crippen MR) is 189 cm³/mol. The maximum absolute atomic E-state index is 12.0. The second kappa shape index (κ2) is 14.1. The van der Waals surface area contributed by atoms with Crippen molar-refractivity contribution in [2.24, 2.45) is 5.41 Å². The number of hydrogen-bond donors (Lipinski definition) is 0. The Morgan fingerprint density at radius 3 is 1.84 bits per heavy atom. The van der Waals surface area contributed by atoms with Crippen LogP contribution in [0, 0.1) is 5.41 Å². The molecule has 1 aliphatic carbocycles. The molecule has 1 saturated heterocycles. The number of methoxy groups -OCH3 is 2. The zero-order valence-electron chi connectivity index (χ0n) is 28.1. The maximum atomic E-state index is 12.0. The molecular weight excluding hydrogens is 623 g/mol. The summed E-state index contributed by atoms with van der Waals surface area (Å²) in [4.78, 5) is 23.0. The molecule has 2 aliphatic rings. The zero-order valence-corrected chi connectivity index (χ0v) is 28.1. The first-order valence-electron chi connectivity index (χ1n) is 16.6. The van der Waals surface area contributed by atoms with Crippen molar-refractivity contribution >= 4 is 23.2 Å². The fourth-order valence-corrected chi connectivity index (χ4v) is 6.31. The number of imidazole rings is 2. The number of nitrogens with zero attached hydrogens (tertiary/aromatic N) is 8. The Morgan fingerprint density at radius 2 is 1.31 bits per heavy atom. The molecule has 0 atom stereocenters. The molecule has 1 spiro atoms. The lowest BCUT2D eigenvalue weighted by molar-refractivity contribution is 0.0897. The van der Waals surface area contributed by atoms with Gasteiger partial charge < -0.3 is 24.0 Å². The molecule has 254 valence electrons. The quantitative estimate of drug-likeness (QED) is 0.150. The number of alkyl halides is 1. The summed E-state index contributed by atoms with van der Waals surface area (Å²) in [6.45, 7) is 3.07. The van der Waals surface area contributed by atoms with Crippen molar-refractivity contribution in [1.29, 1.82) is 0 Å². The third-order valence-corrected chi connectivity index (χ3v) is 9.37. The van der Waals surface area contributed by atoms with Gasteiger partial charge in [0.25, 0.3) is 0 Å². The van der Waals surface area contributed by atoms with Gasteiger partial charge >= 0.3 is 0 Å². The van der Waals surface area contributed by atoms with E-state index >= 15 is 0 Å². The fourth-order valence-electron chi connectivity index (χ4n) is 6.31. The van der Waals surface area contributed by atoms with Crippen molar-refractivity contribution < 1.29 is 18.6 Å². The largest absolute Gasteiger partial charge is 0.497 e. The Morgan fingerprint density at radius 1 is 0.735 bits per heavy atom. The van der Waals surface area contributed by atoms with Crippen LogP contribution in [-0.2, 0) is 4.74 Å². The van der Waals surface area contributed by atoms with Crippen LogP contribution in [0.4, 0.5) is 16.0 Å². The Bertz CT molecular complexity index is 2000. The minimum absolute atomic E-state index is 0.131. The third kappa shape index (κ3) is 7.00. The number of fused-ring (bicyclic) bond motifs is 2. The summed E-state index contributed by atoms with van der Waals surface area (Å²) < 4.78 is 31.5. The van der Waals surface area contributed by atoms with Gasteiger partial charge in [0.2, 0.25) is 11.6 Å². The molecule has 8 rings (SSSR count). The highest BCUT2D eigenvalue weighted by Crippen LogP contribution is 2.49. The summed E-state index contributed by atoms with van der Waals surface area (Å²) in [5, 5.41) is 0. The molecule has 1 aliphatic heterocycles. The first-order valence-corrected chi connectivity index (χ1v) is 16.6. The third-order valence-electron chi connectivity index (χ3n) is 9.37. The Hall–Kier alpha value is -5.23. The van der Waals surface area contributed by atoms with E-state index in [0.29, 0.717) is 24.3 Å². The average molecular weight is 665 g/mol. The van der Waals surface area contributed by atoms with Gasteiger partial charge in [0.15, 0.2) is 0 Å². The van der Waals surface area contributed by atoms with Crippen LogP contribution < -0.4 is 19.3 Å². The molecule has 1 saturated carbocycles. The second-order valence-corrected chi connectivity index (χ2v) is 12.6. The standard InChI is InChI=1S/C19H20N4O.C18H21FN4O2/c1-24-15-5-3-14(4-6-15)16-11-22-10-7-17(21-18(22)20-16)23-12-19(13-23)8-2-9-19;1-22(10-12-25-11-8-19)17-7-9-23-13-16(20-18(23)21-17)14-3-5-15(24-2)6-4-14/h3-7,10-11H,2,8-9,12-13H2,1H3;3-7,9,13H,8,10-12H2,1-2H3. The lowest BCUT2D eigenvalue weighted by Gasteiger charge is -2.56. The molecule has 49 heavy (non-hydrogen) atoms. The summed E-state index contributed by atoms with van der Waals surface area (Å²) in [5.74, 6) is 4.89. The Balaban J connectivity index is 0.000000154. The van der Waals surface area contributed by atoms with E-state index in [9.17, 15) is 4.39 Å². The maximum Gasteiger partial charge on any atom is 0.236 e. The number of anilines is 2. The van der Waals surface area contributed by atoms with Crippen LogP contribution >= 0.6 is 0 Å². The highest BCUT2D eigenvalue weighted by atomic mass is 19.1. The molecule has 0 bridgehead atoms. The Kier molecular flexibility index (Phi) is 9.30. The first-order chi connectivity index (χ1) is 24.0.